The van der Waals surface area contributed by atoms with Gasteiger partial charge in [-0.2, -0.15) is 0 Å². The van der Waals surface area contributed by atoms with Crippen molar-refractivity contribution in [1.29, 1.82) is 0 Å². The van der Waals surface area contributed by atoms with Gasteiger partial charge in [-0.1, -0.05) is 42.1 Å². The van der Waals surface area contributed by atoms with Crippen molar-refractivity contribution in [3.63, 3.8) is 0 Å². The SMILES string of the molecule is COC(=O)Cc1ccc2c(c1)CC(=O)c1ccccc1S2. The Morgan fingerprint density at radius 2 is 2.00 bits per heavy atom. The fourth-order valence-corrected chi connectivity index (χ4v) is 3.47. The molecule has 0 fully saturated rings. The van der Waals surface area contributed by atoms with Gasteiger partial charge in [0.25, 0.3) is 0 Å². The second kappa shape index (κ2) is 5.74. The van der Waals surface area contributed by atoms with E-state index >= 15 is 0 Å². The standard InChI is InChI=1S/C17H14O3S/c1-20-17(19)9-11-6-7-15-12(8-11)10-14(18)13-4-2-3-5-16(13)21-15/h2-8H,9-10H2,1H3. The predicted molar refractivity (Wildman–Crippen MR) is 80.8 cm³/mol. The molecule has 0 amide bonds. The lowest BCUT2D eigenvalue weighted by Gasteiger charge is -2.07. The number of benzene rings is 2. The first-order chi connectivity index (χ1) is 10.2. The van der Waals surface area contributed by atoms with Gasteiger partial charge in [0.05, 0.1) is 13.5 Å². The summed E-state index contributed by atoms with van der Waals surface area (Å²) in [4.78, 5) is 25.8. The largest absolute Gasteiger partial charge is 0.469 e. The summed E-state index contributed by atoms with van der Waals surface area (Å²) in [5, 5.41) is 0. The molecule has 4 heteroatoms. The highest BCUT2D eigenvalue weighted by Crippen LogP contribution is 2.37. The predicted octanol–water partition coefficient (Wildman–Crippen LogP) is 3.29. The van der Waals surface area contributed by atoms with E-state index < -0.39 is 0 Å². The van der Waals surface area contributed by atoms with Crippen LogP contribution in [0.1, 0.15) is 21.5 Å². The minimum Gasteiger partial charge on any atom is -0.469 e. The minimum atomic E-state index is -0.272. The van der Waals surface area contributed by atoms with Gasteiger partial charge < -0.3 is 4.74 Å². The Hall–Kier alpha value is -2.07. The van der Waals surface area contributed by atoms with E-state index in [9.17, 15) is 9.59 Å². The van der Waals surface area contributed by atoms with Gasteiger partial charge in [-0.25, -0.2) is 0 Å². The van der Waals surface area contributed by atoms with Crippen LogP contribution in [0.2, 0.25) is 0 Å². The molecule has 3 nitrogen and oxygen atoms in total. The summed E-state index contributed by atoms with van der Waals surface area (Å²) >= 11 is 1.60. The molecular formula is C17H14O3S. The zero-order valence-corrected chi connectivity index (χ0v) is 12.4. The van der Waals surface area contributed by atoms with E-state index in [-0.39, 0.29) is 18.2 Å². The van der Waals surface area contributed by atoms with Crippen molar-refractivity contribution in [3.05, 3.63) is 59.2 Å². The average Bonchev–Trinajstić information content (AvgIpc) is 2.63. The first kappa shape index (κ1) is 13.9. The number of carbonyl (C=O) groups excluding carboxylic acids is 2. The molecule has 2 aromatic carbocycles. The molecule has 0 radical (unpaired) electrons. The molecule has 0 spiro atoms. The van der Waals surface area contributed by atoms with Crippen molar-refractivity contribution < 1.29 is 14.3 Å². The zero-order valence-electron chi connectivity index (χ0n) is 11.6. The summed E-state index contributed by atoms with van der Waals surface area (Å²) in [5.41, 5.74) is 2.62. The van der Waals surface area contributed by atoms with Gasteiger partial charge >= 0.3 is 5.97 Å². The van der Waals surface area contributed by atoms with Crippen LogP contribution in [0.4, 0.5) is 0 Å². The molecule has 0 saturated heterocycles. The Labute approximate surface area is 127 Å². The van der Waals surface area contributed by atoms with E-state index in [0.717, 1.165) is 26.5 Å². The van der Waals surface area contributed by atoms with Gasteiger partial charge in [0, 0.05) is 21.8 Å². The summed E-state index contributed by atoms with van der Waals surface area (Å²) in [6.45, 7) is 0. The Balaban J connectivity index is 1.97. The first-order valence-electron chi connectivity index (χ1n) is 6.66. The lowest BCUT2D eigenvalue weighted by atomic mass is 10.0. The third-order valence-corrected chi connectivity index (χ3v) is 4.65. The molecule has 0 atom stereocenters. The number of esters is 1. The second-order valence-electron chi connectivity index (χ2n) is 4.89. The molecule has 1 aliphatic heterocycles. The quantitative estimate of drug-likeness (QED) is 0.798. The number of ketones is 1. The lowest BCUT2D eigenvalue weighted by molar-refractivity contribution is -0.139. The number of hydrogen-bond acceptors (Lipinski definition) is 4. The molecule has 0 saturated carbocycles. The molecule has 21 heavy (non-hydrogen) atoms. The molecular weight excluding hydrogens is 284 g/mol. The maximum Gasteiger partial charge on any atom is 0.309 e. The Bertz CT molecular complexity index is 722. The van der Waals surface area contributed by atoms with Crippen molar-refractivity contribution in [1.82, 2.24) is 0 Å². The van der Waals surface area contributed by atoms with Gasteiger partial charge in [0.1, 0.15) is 0 Å². The van der Waals surface area contributed by atoms with Crippen LogP contribution in [0, 0.1) is 0 Å². The maximum absolute atomic E-state index is 12.4. The van der Waals surface area contributed by atoms with Crippen LogP contribution in [0.3, 0.4) is 0 Å². The van der Waals surface area contributed by atoms with E-state index in [1.807, 2.05) is 42.5 Å². The molecule has 0 N–H and O–H groups in total. The fourth-order valence-electron chi connectivity index (χ4n) is 2.39. The maximum atomic E-state index is 12.4. The number of carbonyl (C=O) groups is 2. The molecule has 2 aromatic rings. The van der Waals surface area contributed by atoms with Crippen LogP contribution in [-0.4, -0.2) is 18.9 Å². The highest BCUT2D eigenvalue weighted by Gasteiger charge is 2.20. The van der Waals surface area contributed by atoms with Crippen LogP contribution in [0.5, 0.6) is 0 Å². The third kappa shape index (κ3) is 2.85. The zero-order chi connectivity index (χ0) is 14.8. The van der Waals surface area contributed by atoms with Gasteiger partial charge in [-0.05, 0) is 23.3 Å². The number of ether oxygens (including phenoxy) is 1. The van der Waals surface area contributed by atoms with Crippen molar-refractivity contribution in [2.45, 2.75) is 22.6 Å². The normalized spacial score (nSPS) is 13.1. The topological polar surface area (TPSA) is 43.4 Å². The summed E-state index contributed by atoms with van der Waals surface area (Å²) < 4.78 is 4.68. The van der Waals surface area contributed by atoms with E-state index in [4.69, 9.17) is 0 Å². The molecule has 3 rings (SSSR count). The molecule has 1 aliphatic rings. The van der Waals surface area contributed by atoms with Crippen LogP contribution in [0.15, 0.2) is 52.3 Å². The fraction of sp³-hybridized carbons (Fsp3) is 0.176. The summed E-state index contributed by atoms with van der Waals surface area (Å²) in [7, 11) is 1.38. The highest BCUT2D eigenvalue weighted by molar-refractivity contribution is 7.99. The van der Waals surface area contributed by atoms with Gasteiger partial charge in [-0.3, -0.25) is 9.59 Å². The van der Waals surface area contributed by atoms with Gasteiger partial charge in [0.15, 0.2) is 5.78 Å². The first-order valence-corrected chi connectivity index (χ1v) is 7.47. The average molecular weight is 298 g/mol. The van der Waals surface area contributed by atoms with Crippen LogP contribution < -0.4 is 0 Å². The Morgan fingerprint density at radius 1 is 1.19 bits per heavy atom. The number of rotatable bonds is 2. The van der Waals surface area contributed by atoms with Crippen LogP contribution in [0.25, 0.3) is 0 Å². The van der Waals surface area contributed by atoms with Gasteiger partial charge in [0.2, 0.25) is 0 Å². The highest BCUT2D eigenvalue weighted by atomic mass is 32.2. The Morgan fingerprint density at radius 3 is 2.81 bits per heavy atom. The molecule has 0 unspecified atom stereocenters. The molecule has 0 aromatic heterocycles. The number of hydrogen-bond donors (Lipinski definition) is 0. The van der Waals surface area contributed by atoms with E-state index in [1.165, 1.54) is 7.11 Å². The van der Waals surface area contributed by atoms with E-state index in [1.54, 1.807) is 11.8 Å². The lowest BCUT2D eigenvalue weighted by Crippen LogP contribution is -2.06. The minimum absolute atomic E-state index is 0.118. The van der Waals surface area contributed by atoms with E-state index in [2.05, 4.69) is 4.74 Å². The number of methoxy groups -OCH3 is 1. The smallest absolute Gasteiger partial charge is 0.309 e. The van der Waals surface area contributed by atoms with Crippen molar-refractivity contribution in [2.24, 2.45) is 0 Å². The van der Waals surface area contributed by atoms with E-state index in [0.29, 0.717) is 6.42 Å². The summed E-state index contributed by atoms with van der Waals surface area (Å²) in [6.07, 6.45) is 0.601. The van der Waals surface area contributed by atoms with Crippen LogP contribution >= 0.6 is 11.8 Å². The Kier molecular flexibility index (Phi) is 3.80. The molecule has 106 valence electrons. The second-order valence-corrected chi connectivity index (χ2v) is 5.98. The summed E-state index contributed by atoms with van der Waals surface area (Å²) in [6, 6.07) is 13.5. The number of fused-ring (bicyclic) bond motifs is 2. The van der Waals surface area contributed by atoms with Crippen molar-refractivity contribution >= 4 is 23.5 Å². The monoisotopic (exact) mass is 298 g/mol. The van der Waals surface area contributed by atoms with Crippen molar-refractivity contribution in [3.8, 4) is 0 Å². The molecule has 1 heterocycles. The molecule has 0 aliphatic carbocycles. The van der Waals surface area contributed by atoms with Gasteiger partial charge in [-0.15, -0.1) is 0 Å². The third-order valence-electron chi connectivity index (χ3n) is 3.46. The summed E-state index contributed by atoms with van der Waals surface area (Å²) in [5.74, 6) is -0.155. The van der Waals surface area contributed by atoms with Crippen LogP contribution in [-0.2, 0) is 22.4 Å². The number of Topliss-reactive ketones (excluding diaryl/α,β-unsaturated/α-hetero) is 1. The molecule has 0 bridgehead atoms. The van der Waals surface area contributed by atoms with Crippen molar-refractivity contribution in [2.75, 3.05) is 7.11 Å².